The van der Waals surface area contributed by atoms with Crippen LogP contribution in [0.25, 0.3) is 11.1 Å². The van der Waals surface area contributed by atoms with Crippen LogP contribution >= 0.6 is 0 Å². The Morgan fingerprint density at radius 3 is 2.60 bits per heavy atom. The molecular weight excluding hydrogens is 186 g/mol. The van der Waals surface area contributed by atoms with Gasteiger partial charge >= 0.3 is 0 Å². The number of hydrogen-bond donors (Lipinski definition) is 2. The molecule has 2 aromatic rings. The number of anilines is 2. The standard InChI is InChI=1S/C12H15N3/c1-15(2)12-4-3-10(13)7-11(12)9-5-6-14-8-9/h3-8,14H,13H2,1-2H3. The molecule has 0 aliphatic heterocycles. The minimum atomic E-state index is 0.789. The minimum Gasteiger partial charge on any atom is -0.399 e. The maximum Gasteiger partial charge on any atom is 0.0442 e. The number of nitrogens with one attached hydrogen (secondary N) is 1. The number of hydrogen-bond acceptors (Lipinski definition) is 2. The summed E-state index contributed by atoms with van der Waals surface area (Å²) in [4.78, 5) is 5.14. The van der Waals surface area contributed by atoms with Crippen molar-refractivity contribution in [1.29, 1.82) is 0 Å². The number of nitrogens with two attached hydrogens (primary N) is 1. The van der Waals surface area contributed by atoms with E-state index in [1.165, 1.54) is 5.69 Å². The molecule has 0 spiro atoms. The lowest BCUT2D eigenvalue weighted by atomic mass is 10.1. The Morgan fingerprint density at radius 2 is 2.00 bits per heavy atom. The van der Waals surface area contributed by atoms with E-state index in [0.29, 0.717) is 0 Å². The first-order valence-corrected chi connectivity index (χ1v) is 4.88. The lowest BCUT2D eigenvalue weighted by molar-refractivity contribution is 1.13. The van der Waals surface area contributed by atoms with E-state index in [9.17, 15) is 0 Å². The third-order valence-electron chi connectivity index (χ3n) is 2.41. The predicted octanol–water partition coefficient (Wildman–Crippen LogP) is 2.33. The fourth-order valence-electron chi connectivity index (χ4n) is 1.67. The summed E-state index contributed by atoms with van der Waals surface area (Å²) in [5, 5.41) is 0. The van der Waals surface area contributed by atoms with Crippen LogP contribution in [0.5, 0.6) is 0 Å². The average molecular weight is 201 g/mol. The molecule has 0 amide bonds. The summed E-state index contributed by atoms with van der Waals surface area (Å²) in [6.45, 7) is 0. The Hall–Kier alpha value is -1.90. The van der Waals surface area contributed by atoms with Crippen LogP contribution in [0.4, 0.5) is 11.4 Å². The molecule has 1 aromatic heterocycles. The molecule has 78 valence electrons. The Morgan fingerprint density at radius 1 is 1.20 bits per heavy atom. The van der Waals surface area contributed by atoms with Crippen LogP contribution < -0.4 is 10.6 Å². The third kappa shape index (κ3) is 1.81. The number of benzene rings is 1. The van der Waals surface area contributed by atoms with Crippen LogP contribution in [-0.2, 0) is 0 Å². The van der Waals surface area contributed by atoms with Crippen molar-refractivity contribution in [2.75, 3.05) is 24.7 Å². The molecule has 0 saturated heterocycles. The zero-order valence-electron chi connectivity index (χ0n) is 8.99. The molecule has 0 unspecified atom stereocenters. The number of nitrogens with zero attached hydrogens (tertiary/aromatic N) is 1. The Labute approximate surface area is 89.5 Å². The molecule has 0 atom stereocenters. The van der Waals surface area contributed by atoms with Crippen molar-refractivity contribution in [3.05, 3.63) is 36.7 Å². The quantitative estimate of drug-likeness (QED) is 0.732. The van der Waals surface area contributed by atoms with Crippen LogP contribution in [0.1, 0.15) is 0 Å². The molecule has 3 heteroatoms. The van der Waals surface area contributed by atoms with Crippen LogP contribution in [0, 0.1) is 0 Å². The number of aromatic amines is 1. The highest BCUT2D eigenvalue weighted by atomic mass is 15.1. The first-order valence-electron chi connectivity index (χ1n) is 4.88. The molecule has 3 nitrogen and oxygen atoms in total. The molecule has 0 bridgehead atoms. The van der Waals surface area contributed by atoms with E-state index in [0.717, 1.165) is 16.8 Å². The van der Waals surface area contributed by atoms with Gasteiger partial charge < -0.3 is 15.6 Å². The Bertz CT molecular complexity index is 444. The normalized spacial score (nSPS) is 10.3. The number of aromatic nitrogens is 1. The van der Waals surface area contributed by atoms with Gasteiger partial charge in [0, 0.05) is 49.0 Å². The number of nitrogen functional groups attached to an aromatic ring is 1. The molecule has 2 rings (SSSR count). The van der Waals surface area contributed by atoms with Crippen LogP contribution in [0.2, 0.25) is 0 Å². The molecule has 3 N–H and O–H groups in total. The molecular formula is C12H15N3. The summed E-state index contributed by atoms with van der Waals surface area (Å²) in [5.41, 5.74) is 10.1. The Kier molecular flexibility index (Phi) is 2.37. The highest BCUT2D eigenvalue weighted by Crippen LogP contribution is 2.31. The monoisotopic (exact) mass is 201 g/mol. The average Bonchev–Trinajstić information content (AvgIpc) is 2.69. The summed E-state index contributed by atoms with van der Waals surface area (Å²) < 4.78 is 0. The van der Waals surface area contributed by atoms with Crippen molar-refractivity contribution < 1.29 is 0 Å². The summed E-state index contributed by atoms with van der Waals surface area (Å²) >= 11 is 0. The number of H-pyrrole nitrogens is 1. The summed E-state index contributed by atoms with van der Waals surface area (Å²) in [7, 11) is 4.06. The zero-order chi connectivity index (χ0) is 10.8. The summed E-state index contributed by atoms with van der Waals surface area (Å²) in [5.74, 6) is 0. The fourth-order valence-corrected chi connectivity index (χ4v) is 1.67. The molecule has 0 aliphatic carbocycles. The van der Waals surface area contributed by atoms with Gasteiger partial charge in [0.25, 0.3) is 0 Å². The van der Waals surface area contributed by atoms with Gasteiger partial charge in [-0.25, -0.2) is 0 Å². The smallest absolute Gasteiger partial charge is 0.0442 e. The zero-order valence-corrected chi connectivity index (χ0v) is 8.99. The second-order valence-electron chi connectivity index (χ2n) is 3.77. The van der Waals surface area contributed by atoms with Crippen molar-refractivity contribution >= 4 is 11.4 Å². The van der Waals surface area contributed by atoms with Gasteiger partial charge in [-0.15, -0.1) is 0 Å². The van der Waals surface area contributed by atoms with E-state index in [1.807, 2.05) is 50.8 Å². The van der Waals surface area contributed by atoms with Crippen molar-refractivity contribution in [3.8, 4) is 11.1 Å². The summed E-state index contributed by atoms with van der Waals surface area (Å²) in [6.07, 6.45) is 3.89. The van der Waals surface area contributed by atoms with Crippen molar-refractivity contribution in [2.24, 2.45) is 0 Å². The van der Waals surface area contributed by atoms with Gasteiger partial charge in [-0.05, 0) is 24.3 Å². The van der Waals surface area contributed by atoms with Crippen molar-refractivity contribution in [2.45, 2.75) is 0 Å². The topological polar surface area (TPSA) is 45.0 Å². The highest BCUT2D eigenvalue weighted by molar-refractivity contribution is 5.80. The van der Waals surface area contributed by atoms with Gasteiger partial charge in [0.05, 0.1) is 0 Å². The largest absolute Gasteiger partial charge is 0.399 e. The van der Waals surface area contributed by atoms with E-state index >= 15 is 0 Å². The molecule has 1 aromatic carbocycles. The fraction of sp³-hybridized carbons (Fsp3) is 0.167. The molecule has 1 heterocycles. The maximum atomic E-state index is 5.81. The van der Waals surface area contributed by atoms with Crippen LogP contribution in [0.15, 0.2) is 36.7 Å². The molecule has 0 saturated carbocycles. The van der Waals surface area contributed by atoms with Crippen molar-refractivity contribution in [3.63, 3.8) is 0 Å². The maximum absolute atomic E-state index is 5.81. The van der Waals surface area contributed by atoms with Gasteiger partial charge in [0.2, 0.25) is 0 Å². The van der Waals surface area contributed by atoms with E-state index in [1.54, 1.807) is 0 Å². The Balaban J connectivity index is 2.58. The second kappa shape index (κ2) is 3.69. The van der Waals surface area contributed by atoms with Crippen LogP contribution in [0.3, 0.4) is 0 Å². The molecule has 0 fully saturated rings. The van der Waals surface area contributed by atoms with Gasteiger partial charge in [-0.1, -0.05) is 0 Å². The predicted molar refractivity (Wildman–Crippen MR) is 65.0 cm³/mol. The van der Waals surface area contributed by atoms with Gasteiger partial charge in [0.15, 0.2) is 0 Å². The lowest BCUT2D eigenvalue weighted by Crippen LogP contribution is -2.10. The summed E-state index contributed by atoms with van der Waals surface area (Å²) in [6, 6.07) is 8.00. The van der Waals surface area contributed by atoms with E-state index < -0.39 is 0 Å². The van der Waals surface area contributed by atoms with Crippen molar-refractivity contribution in [1.82, 2.24) is 4.98 Å². The first-order chi connectivity index (χ1) is 7.18. The minimum absolute atomic E-state index is 0.789. The number of rotatable bonds is 2. The van der Waals surface area contributed by atoms with Gasteiger partial charge in [-0.2, -0.15) is 0 Å². The van der Waals surface area contributed by atoms with Gasteiger partial charge in [0.1, 0.15) is 0 Å². The molecule has 15 heavy (non-hydrogen) atoms. The van der Waals surface area contributed by atoms with E-state index in [4.69, 9.17) is 5.73 Å². The third-order valence-corrected chi connectivity index (χ3v) is 2.41. The SMILES string of the molecule is CN(C)c1ccc(N)cc1-c1cc[nH]c1. The molecule has 0 radical (unpaired) electrons. The molecule has 0 aliphatic rings. The van der Waals surface area contributed by atoms with Gasteiger partial charge in [-0.3, -0.25) is 0 Å². The van der Waals surface area contributed by atoms with E-state index in [-0.39, 0.29) is 0 Å². The lowest BCUT2D eigenvalue weighted by Gasteiger charge is -2.17. The van der Waals surface area contributed by atoms with E-state index in [2.05, 4.69) is 9.88 Å². The second-order valence-corrected chi connectivity index (χ2v) is 3.77. The highest BCUT2D eigenvalue weighted by Gasteiger charge is 2.07. The van der Waals surface area contributed by atoms with Crippen LogP contribution in [-0.4, -0.2) is 19.1 Å². The first kappa shape index (κ1) is 9.65.